The topological polar surface area (TPSA) is 106 Å². The number of carbonyl (C=O) groups excluding carboxylic acids is 1. The maximum absolute atomic E-state index is 11.3. The fraction of sp³-hybridized carbons (Fsp3) is 0.0556. The molecule has 0 fully saturated rings. The SMILES string of the molecule is O=C(NO)c1ccc(Cn2nnc(-c3nccc4ccccc34)n2)cc1. The van der Waals surface area contributed by atoms with Gasteiger partial charge in [0.1, 0.15) is 5.69 Å². The summed E-state index contributed by atoms with van der Waals surface area (Å²) in [6.07, 6.45) is 1.73. The minimum absolute atomic E-state index is 0.364. The molecule has 1 amide bonds. The molecule has 0 atom stereocenters. The van der Waals surface area contributed by atoms with Gasteiger partial charge >= 0.3 is 0 Å². The summed E-state index contributed by atoms with van der Waals surface area (Å²) in [7, 11) is 0. The maximum Gasteiger partial charge on any atom is 0.274 e. The van der Waals surface area contributed by atoms with Crippen LogP contribution < -0.4 is 5.48 Å². The number of nitrogens with zero attached hydrogens (tertiary/aromatic N) is 5. The number of amides is 1. The average molecular weight is 346 g/mol. The maximum atomic E-state index is 11.3. The standard InChI is InChI=1S/C18H14N6O2/c25-18(22-26)14-7-5-12(6-8-14)11-24-21-17(20-23-24)16-15-4-2-1-3-13(15)9-10-19-16/h1-10,26H,11H2,(H,22,25). The lowest BCUT2D eigenvalue weighted by Crippen LogP contribution is -2.18. The first-order valence-corrected chi connectivity index (χ1v) is 7.90. The van der Waals surface area contributed by atoms with E-state index in [1.807, 2.05) is 30.3 Å². The zero-order chi connectivity index (χ0) is 17.9. The molecule has 4 aromatic rings. The van der Waals surface area contributed by atoms with Gasteiger partial charge < -0.3 is 0 Å². The first kappa shape index (κ1) is 15.9. The van der Waals surface area contributed by atoms with Gasteiger partial charge in [0.2, 0.25) is 5.82 Å². The number of hydroxylamine groups is 1. The smallest absolute Gasteiger partial charge is 0.274 e. The van der Waals surface area contributed by atoms with Crippen LogP contribution in [0.25, 0.3) is 22.3 Å². The Morgan fingerprint density at radius 2 is 1.88 bits per heavy atom. The van der Waals surface area contributed by atoms with Crippen LogP contribution in [0, 0.1) is 0 Å². The van der Waals surface area contributed by atoms with Crippen LogP contribution in [-0.2, 0) is 6.54 Å². The number of nitrogens with one attached hydrogen (secondary N) is 1. The molecule has 0 saturated carbocycles. The largest absolute Gasteiger partial charge is 0.288 e. The van der Waals surface area contributed by atoms with E-state index in [1.54, 1.807) is 35.9 Å². The van der Waals surface area contributed by atoms with E-state index < -0.39 is 5.91 Å². The number of hydrogen-bond acceptors (Lipinski definition) is 6. The zero-order valence-corrected chi connectivity index (χ0v) is 13.6. The monoisotopic (exact) mass is 346 g/mol. The van der Waals surface area contributed by atoms with E-state index in [4.69, 9.17) is 5.21 Å². The van der Waals surface area contributed by atoms with Gasteiger partial charge in [-0.2, -0.15) is 4.80 Å². The fourth-order valence-electron chi connectivity index (χ4n) is 2.69. The van der Waals surface area contributed by atoms with Crippen LogP contribution in [0.4, 0.5) is 0 Å². The van der Waals surface area contributed by atoms with E-state index in [0.29, 0.717) is 23.6 Å². The van der Waals surface area contributed by atoms with E-state index in [9.17, 15) is 4.79 Å². The molecular formula is C18H14N6O2. The molecule has 0 aliphatic heterocycles. The second kappa shape index (κ2) is 6.69. The number of benzene rings is 2. The summed E-state index contributed by atoms with van der Waals surface area (Å²) in [6.45, 7) is 0.402. The molecular weight excluding hydrogens is 332 g/mol. The molecule has 0 aliphatic carbocycles. The minimum atomic E-state index is -0.556. The van der Waals surface area contributed by atoms with Crippen LogP contribution >= 0.6 is 0 Å². The molecule has 0 saturated heterocycles. The Kier molecular flexibility index (Phi) is 4.08. The van der Waals surface area contributed by atoms with Crippen molar-refractivity contribution < 1.29 is 10.0 Å². The molecule has 2 heterocycles. The quantitative estimate of drug-likeness (QED) is 0.433. The van der Waals surface area contributed by atoms with E-state index in [2.05, 4.69) is 20.4 Å². The van der Waals surface area contributed by atoms with Crippen molar-refractivity contribution in [3.63, 3.8) is 0 Å². The molecule has 0 spiro atoms. The normalized spacial score (nSPS) is 10.8. The van der Waals surface area contributed by atoms with Crippen molar-refractivity contribution in [3.8, 4) is 11.5 Å². The molecule has 2 aromatic heterocycles. The predicted octanol–water partition coefficient (Wildman–Crippen LogP) is 2.06. The van der Waals surface area contributed by atoms with Crippen LogP contribution in [0.15, 0.2) is 60.8 Å². The Bertz CT molecular complexity index is 1070. The van der Waals surface area contributed by atoms with Gasteiger partial charge in [0.15, 0.2) is 0 Å². The van der Waals surface area contributed by atoms with Crippen LogP contribution in [0.5, 0.6) is 0 Å². The summed E-state index contributed by atoms with van der Waals surface area (Å²) in [5, 5.41) is 23.3. The van der Waals surface area contributed by atoms with Crippen molar-refractivity contribution in [1.82, 2.24) is 30.7 Å². The van der Waals surface area contributed by atoms with Crippen molar-refractivity contribution in [3.05, 3.63) is 71.9 Å². The fourth-order valence-corrected chi connectivity index (χ4v) is 2.69. The molecule has 128 valence electrons. The summed E-state index contributed by atoms with van der Waals surface area (Å²) >= 11 is 0. The lowest BCUT2D eigenvalue weighted by molar-refractivity contribution is 0.0706. The Labute approximate surface area is 148 Å². The van der Waals surface area contributed by atoms with Gasteiger partial charge in [-0.1, -0.05) is 36.4 Å². The van der Waals surface area contributed by atoms with Crippen molar-refractivity contribution in [1.29, 1.82) is 0 Å². The number of hydrogen-bond donors (Lipinski definition) is 2. The van der Waals surface area contributed by atoms with Crippen LogP contribution in [0.2, 0.25) is 0 Å². The number of carbonyl (C=O) groups is 1. The average Bonchev–Trinajstić information content (AvgIpc) is 3.15. The number of pyridine rings is 1. The highest BCUT2D eigenvalue weighted by Gasteiger charge is 2.11. The van der Waals surface area contributed by atoms with Gasteiger partial charge in [-0.05, 0) is 34.4 Å². The van der Waals surface area contributed by atoms with E-state index >= 15 is 0 Å². The van der Waals surface area contributed by atoms with Crippen molar-refractivity contribution in [2.75, 3.05) is 0 Å². The summed E-state index contributed by atoms with van der Waals surface area (Å²) in [4.78, 5) is 17.2. The second-order valence-electron chi connectivity index (χ2n) is 5.66. The molecule has 8 nitrogen and oxygen atoms in total. The number of aromatic nitrogens is 5. The van der Waals surface area contributed by atoms with Gasteiger partial charge in [-0.3, -0.25) is 15.0 Å². The third-order valence-corrected chi connectivity index (χ3v) is 3.98. The summed E-state index contributed by atoms with van der Waals surface area (Å²) < 4.78 is 0. The first-order valence-electron chi connectivity index (χ1n) is 7.90. The van der Waals surface area contributed by atoms with E-state index in [0.717, 1.165) is 16.3 Å². The summed E-state index contributed by atoms with van der Waals surface area (Å²) in [5.41, 5.74) is 3.55. The molecule has 2 N–H and O–H groups in total. The van der Waals surface area contributed by atoms with Crippen LogP contribution in [0.3, 0.4) is 0 Å². The molecule has 0 bridgehead atoms. The lowest BCUT2D eigenvalue weighted by atomic mass is 10.1. The Balaban J connectivity index is 1.59. The molecule has 2 aromatic carbocycles. The molecule has 8 heteroatoms. The van der Waals surface area contributed by atoms with Crippen molar-refractivity contribution >= 4 is 16.7 Å². The Hall–Kier alpha value is -3.65. The molecule has 26 heavy (non-hydrogen) atoms. The highest BCUT2D eigenvalue weighted by molar-refractivity contribution is 5.93. The summed E-state index contributed by atoms with van der Waals surface area (Å²) in [5.74, 6) is -0.0992. The predicted molar refractivity (Wildman–Crippen MR) is 93.4 cm³/mol. The van der Waals surface area contributed by atoms with Gasteiger partial charge in [0.25, 0.3) is 5.91 Å². The van der Waals surface area contributed by atoms with Gasteiger partial charge in [-0.15, -0.1) is 10.2 Å². The Morgan fingerprint density at radius 3 is 2.69 bits per heavy atom. The van der Waals surface area contributed by atoms with Crippen LogP contribution in [0.1, 0.15) is 15.9 Å². The number of fused-ring (bicyclic) bond motifs is 1. The van der Waals surface area contributed by atoms with Gasteiger partial charge in [-0.25, -0.2) is 5.48 Å². The highest BCUT2D eigenvalue weighted by atomic mass is 16.5. The number of tetrazole rings is 1. The summed E-state index contributed by atoms with van der Waals surface area (Å²) in [6, 6.07) is 16.6. The molecule has 4 rings (SSSR count). The Morgan fingerprint density at radius 1 is 1.08 bits per heavy atom. The van der Waals surface area contributed by atoms with Crippen LogP contribution in [-0.4, -0.2) is 36.3 Å². The third-order valence-electron chi connectivity index (χ3n) is 3.98. The first-order chi connectivity index (χ1) is 12.7. The van der Waals surface area contributed by atoms with Gasteiger partial charge in [0.05, 0.1) is 6.54 Å². The van der Waals surface area contributed by atoms with Crippen molar-refractivity contribution in [2.45, 2.75) is 6.54 Å². The number of rotatable bonds is 4. The van der Waals surface area contributed by atoms with E-state index in [-0.39, 0.29) is 0 Å². The van der Waals surface area contributed by atoms with E-state index in [1.165, 1.54) is 4.80 Å². The molecule has 0 unspecified atom stereocenters. The lowest BCUT2D eigenvalue weighted by Gasteiger charge is -2.02. The molecule has 0 radical (unpaired) electrons. The van der Waals surface area contributed by atoms with Gasteiger partial charge in [0, 0.05) is 17.1 Å². The zero-order valence-electron chi connectivity index (χ0n) is 13.6. The molecule has 0 aliphatic rings. The minimum Gasteiger partial charge on any atom is -0.288 e. The highest BCUT2D eigenvalue weighted by Crippen LogP contribution is 2.23. The third kappa shape index (κ3) is 3.01. The van der Waals surface area contributed by atoms with Crippen molar-refractivity contribution in [2.24, 2.45) is 0 Å². The second-order valence-corrected chi connectivity index (χ2v) is 5.66.